The van der Waals surface area contributed by atoms with Crippen LogP contribution in [0.5, 0.6) is 5.75 Å². The van der Waals surface area contributed by atoms with E-state index < -0.39 is 17.1 Å². The minimum absolute atomic E-state index is 0.0650. The molecule has 1 aromatic carbocycles. The number of hydrogen-bond donors (Lipinski definition) is 2. The second-order valence-corrected chi connectivity index (χ2v) is 6.38. The van der Waals surface area contributed by atoms with Crippen molar-refractivity contribution in [1.29, 1.82) is 0 Å². The van der Waals surface area contributed by atoms with Crippen LogP contribution < -0.4 is 5.32 Å². The molecule has 9 heteroatoms. The smallest absolute Gasteiger partial charge is 0.328 e. The monoisotopic (exact) mass is 408 g/mol. The highest BCUT2D eigenvalue weighted by Gasteiger charge is 2.22. The molecule has 1 amide bonds. The zero-order valence-corrected chi connectivity index (χ0v) is 16.5. The number of amides is 1. The molecule has 2 N–H and O–H groups in total. The van der Waals surface area contributed by atoms with E-state index in [1.807, 2.05) is 19.1 Å². The lowest BCUT2D eigenvalue weighted by Gasteiger charge is -2.18. The highest BCUT2D eigenvalue weighted by Crippen LogP contribution is 2.12. The molecule has 0 radical (unpaired) electrons. The van der Waals surface area contributed by atoms with Gasteiger partial charge in [-0.05, 0) is 50.3 Å². The summed E-state index contributed by atoms with van der Waals surface area (Å²) >= 11 is 0. The lowest BCUT2D eigenvalue weighted by atomic mass is 10.1. The number of rotatable bonds is 14. The molecule has 0 heterocycles. The molecule has 0 fully saturated rings. The molecule has 0 aliphatic heterocycles. The molecule has 0 saturated heterocycles. The first-order valence-corrected chi connectivity index (χ1v) is 9.54. The van der Waals surface area contributed by atoms with E-state index in [0.29, 0.717) is 25.7 Å². The minimum Gasteiger partial charge on any atom is -0.508 e. The van der Waals surface area contributed by atoms with Crippen molar-refractivity contribution in [3.8, 4) is 5.75 Å². The first-order chi connectivity index (χ1) is 13.9. The van der Waals surface area contributed by atoms with Crippen LogP contribution in [0.25, 0.3) is 0 Å². The second kappa shape index (κ2) is 14.0. The van der Waals surface area contributed by atoms with E-state index in [4.69, 9.17) is 4.74 Å². The van der Waals surface area contributed by atoms with Crippen molar-refractivity contribution in [3.63, 3.8) is 0 Å². The Morgan fingerprint density at radius 2 is 1.90 bits per heavy atom. The Morgan fingerprint density at radius 3 is 2.55 bits per heavy atom. The molecule has 0 saturated carbocycles. The largest absolute Gasteiger partial charge is 0.508 e. The van der Waals surface area contributed by atoms with Crippen LogP contribution >= 0.6 is 0 Å². The molecule has 0 aromatic heterocycles. The van der Waals surface area contributed by atoms with Crippen molar-refractivity contribution in [1.82, 2.24) is 5.32 Å². The van der Waals surface area contributed by atoms with Crippen LogP contribution in [0.4, 0.5) is 0 Å². The number of aromatic hydroxyl groups is 1. The number of hydrogen-bond acceptors (Lipinski definition) is 7. The van der Waals surface area contributed by atoms with Crippen LogP contribution in [0.3, 0.4) is 0 Å². The zero-order valence-electron chi connectivity index (χ0n) is 16.5. The molecule has 1 unspecified atom stereocenters. The summed E-state index contributed by atoms with van der Waals surface area (Å²) in [5, 5.41) is 21.3. The lowest BCUT2D eigenvalue weighted by Crippen LogP contribution is -2.43. The quantitative estimate of drug-likeness (QED) is 0.159. The van der Waals surface area contributed by atoms with Gasteiger partial charge in [0.15, 0.2) is 0 Å². The summed E-state index contributed by atoms with van der Waals surface area (Å²) in [5.41, 5.74) is 0.762. The maximum atomic E-state index is 12.4. The van der Waals surface area contributed by atoms with Crippen molar-refractivity contribution >= 4 is 11.9 Å². The topological polar surface area (TPSA) is 128 Å². The Bertz CT molecular complexity index is 674. The average Bonchev–Trinajstić information content (AvgIpc) is 2.68. The van der Waals surface area contributed by atoms with E-state index in [-0.39, 0.29) is 31.3 Å². The number of allylic oxidation sites excluding steroid dienone is 2. The summed E-state index contributed by atoms with van der Waals surface area (Å²) < 4.78 is 5.21. The van der Waals surface area contributed by atoms with Gasteiger partial charge in [-0.15, -0.1) is 10.1 Å². The number of ether oxygens (including phenoxy) is 1. The van der Waals surface area contributed by atoms with Crippen LogP contribution in [-0.2, 0) is 25.6 Å². The van der Waals surface area contributed by atoms with Crippen LogP contribution in [0, 0.1) is 10.1 Å². The molecule has 29 heavy (non-hydrogen) atoms. The standard InChI is InChI=1S/C20H28N2O7/c1-2-3-4-5-8-19(24)21-18(15-16-9-11-17(23)12-10-16)20(25)28-13-6-7-14-29-22(26)27/h2-3,9-12,18,23H,4-8,13-15H2,1H3,(H,21,24)/b3-2-. The molecule has 1 aromatic rings. The Morgan fingerprint density at radius 1 is 1.21 bits per heavy atom. The summed E-state index contributed by atoms with van der Waals surface area (Å²) in [4.78, 5) is 38.9. The SMILES string of the molecule is C/C=C\CCCC(=O)NC(Cc1ccc(O)cc1)C(=O)OCCCCO[N+](=O)[O-]. The molecule has 0 spiro atoms. The molecule has 9 nitrogen and oxygen atoms in total. The number of carbonyl (C=O) groups is 2. The molecule has 160 valence electrons. The van der Waals surface area contributed by atoms with Crippen LogP contribution in [0.1, 0.15) is 44.6 Å². The second-order valence-electron chi connectivity index (χ2n) is 6.38. The Labute approximate surface area is 169 Å². The minimum atomic E-state index is -0.870. The summed E-state index contributed by atoms with van der Waals surface area (Å²) in [7, 11) is 0. The van der Waals surface area contributed by atoms with E-state index in [2.05, 4.69) is 10.2 Å². The number of nitrogens with zero attached hydrogens (tertiary/aromatic N) is 1. The van der Waals surface area contributed by atoms with Gasteiger partial charge in [-0.1, -0.05) is 24.3 Å². The summed E-state index contributed by atoms with van der Waals surface area (Å²) in [6, 6.07) is 5.49. The predicted octanol–water partition coefficient (Wildman–Crippen LogP) is 2.70. The van der Waals surface area contributed by atoms with E-state index >= 15 is 0 Å². The molecular formula is C20H28N2O7. The third-order valence-electron chi connectivity index (χ3n) is 3.99. The van der Waals surface area contributed by atoms with Crippen molar-refractivity contribution in [3.05, 3.63) is 52.1 Å². The maximum absolute atomic E-state index is 12.4. The van der Waals surface area contributed by atoms with Crippen molar-refractivity contribution in [2.75, 3.05) is 13.2 Å². The van der Waals surface area contributed by atoms with E-state index in [1.165, 1.54) is 12.1 Å². The number of phenolic OH excluding ortho intramolecular Hbond substituents is 1. The van der Waals surface area contributed by atoms with Crippen LogP contribution in [0.2, 0.25) is 0 Å². The number of phenols is 1. The molecule has 0 bridgehead atoms. The van der Waals surface area contributed by atoms with Gasteiger partial charge in [-0.3, -0.25) is 4.79 Å². The number of esters is 1. The molecule has 0 aliphatic rings. The highest BCUT2D eigenvalue weighted by molar-refractivity contribution is 5.84. The molecule has 0 aliphatic carbocycles. The van der Waals surface area contributed by atoms with Gasteiger partial charge in [-0.25, -0.2) is 4.79 Å². The third kappa shape index (κ3) is 11.4. The van der Waals surface area contributed by atoms with Crippen LogP contribution in [0.15, 0.2) is 36.4 Å². The Balaban J connectivity index is 2.56. The van der Waals surface area contributed by atoms with Gasteiger partial charge in [0.05, 0.1) is 13.2 Å². The first-order valence-electron chi connectivity index (χ1n) is 9.54. The van der Waals surface area contributed by atoms with Crippen molar-refractivity contribution in [2.45, 2.75) is 51.5 Å². The Kier molecular flexibility index (Phi) is 11.5. The van der Waals surface area contributed by atoms with Crippen molar-refractivity contribution in [2.24, 2.45) is 0 Å². The number of nitrogens with one attached hydrogen (secondary N) is 1. The van der Waals surface area contributed by atoms with Gasteiger partial charge in [0.2, 0.25) is 5.91 Å². The fourth-order valence-corrected chi connectivity index (χ4v) is 2.49. The van der Waals surface area contributed by atoms with E-state index in [9.17, 15) is 24.8 Å². The predicted molar refractivity (Wildman–Crippen MR) is 106 cm³/mol. The number of unbranched alkanes of at least 4 members (excludes halogenated alkanes) is 2. The van der Waals surface area contributed by atoms with Gasteiger partial charge >= 0.3 is 5.97 Å². The molecular weight excluding hydrogens is 380 g/mol. The highest BCUT2D eigenvalue weighted by atomic mass is 16.9. The van der Waals surface area contributed by atoms with Gasteiger partial charge in [0.25, 0.3) is 5.09 Å². The first kappa shape index (κ1) is 23.9. The third-order valence-corrected chi connectivity index (χ3v) is 3.99. The summed E-state index contributed by atoms with van der Waals surface area (Å²) in [5.74, 6) is -0.706. The number of carbonyl (C=O) groups excluding carboxylic acids is 2. The number of benzene rings is 1. The van der Waals surface area contributed by atoms with Gasteiger partial charge in [0, 0.05) is 12.8 Å². The summed E-state index contributed by atoms with van der Waals surface area (Å²) in [6.45, 7) is 1.92. The average molecular weight is 408 g/mol. The van der Waals surface area contributed by atoms with Gasteiger partial charge < -0.3 is 20.0 Å². The van der Waals surface area contributed by atoms with E-state index in [0.717, 1.165) is 12.0 Å². The van der Waals surface area contributed by atoms with Crippen molar-refractivity contribution < 1.29 is 29.4 Å². The van der Waals surface area contributed by atoms with Gasteiger partial charge in [-0.2, -0.15) is 0 Å². The Hall–Kier alpha value is -3.10. The summed E-state index contributed by atoms with van der Waals surface area (Å²) in [6.07, 6.45) is 6.64. The van der Waals surface area contributed by atoms with E-state index in [1.54, 1.807) is 12.1 Å². The fraction of sp³-hybridized carbons (Fsp3) is 0.500. The van der Waals surface area contributed by atoms with Gasteiger partial charge in [0.1, 0.15) is 11.8 Å². The lowest BCUT2D eigenvalue weighted by molar-refractivity contribution is -0.757. The van der Waals surface area contributed by atoms with Crippen LogP contribution in [-0.4, -0.2) is 41.3 Å². The fourth-order valence-electron chi connectivity index (χ4n) is 2.49. The maximum Gasteiger partial charge on any atom is 0.328 e. The zero-order chi connectivity index (χ0) is 21.5. The molecule has 1 atom stereocenters. The normalized spacial score (nSPS) is 11.8. The molecule has 1 rings (SSSR count).